The van der Waals surface area contributed by atoms with Gasteiger partial charge in [-0.05, 0) is 0 Å². The second kappa shape index (κ2) is 12.2. The van der Waals surface area contributed by atoms with Crippen LogP contribution in [0.2, 0.25) is 0 Å². The van der Waals surface area contributed by atoms with Gasteiger partial charge in [-0.3, -0.25) is 0 Å². The summed E-state index contributed by atoms with van der Waals surface area (Å²) in [4.78, 5) is 0. The summed E-state index contributed by atoms with van der Waals surface area (Å²) in [6.45, 7) is 0. The molecule has 0 N–H and O–H groups in total. The van der Waals surface area contributed by atoms with E-state index in [1.807, 2.05) is 36.4 Å². The number of hydrogen-bond acceptors (Lipinski definition) is 0. The molecule has 0 heterocycles. The predicted octanol–water partition coefficient (Wildman–Crippen LogP) is -4.69. The van der Waals surface area contributed by atoms with Crippen molar-refractivity contribution in [3.63, 3.8) is 0 Å². The Balaban J connectivity index is -0.000000120. The van der Waals surface area contributed by atoms with Crippen molar-refractivity contribution in [2.24, 2.45) is 0 Å². The zero-order chi connectivity index (χ0) is 4.24. The van der Waals surface area contributed by atoms with Crippen molar-refractivity contribution in [1.29, 1.82) is 0 Å². The number of rotatable bonds is 0. The second-order valence-corrected chi connectivity index (χ2v) is 1.15. The SMILES string of the molecule is [I-].[I-].[Mg+2].c1ccccc1. The fraction of sp³-hybridized carbons (Fsp3) is 0. The molecule has 0 fully saturated rings. The molecule has 9 heavy (non-hydrogen) atoms. The minimum absolute atomic E-state index is 0. The van der Waals surface area contributed by atoms with E-state index < -0.39 is 0 Å². The summed E-state index contributed by atoms with van der Waals surface area (Å²) in [5, 5.41) is 0. The molecular weight excluding hydrogens is 350 g/mol. The first kappa shape index (κ1) is 16.8. The normalized spacial score (nSPS) is 5.33. The van der Waals surface area contributed by atoms with Crippen LogP contribution in [-0.2, 0) is 0 Å². The molecule has 0 saturated carbocycles. The summed E-state index contributed by atoms with van der Waals surface area (Å²) < 4.78 is 0. The largest absolute Gasteiger partial charge is 2.00 e. The van der Waals surface area contributed by atoms with Crippen molar-refractivity contribution < 1.29 is 48.0 Å². The minimum atomic E-state index is 0. The van der Waals surface area contributed by atoms with Crippen molar-refractivity contribution in [1.82, 2.24) is 0 Å². The zero-order valence-corrected chi connectivity index (χ0v) is 10.7. The topological polar surface area (TPSA) is 0 Å². The second-order valence-electron chi connectivity index (χ2n) is 1.15. The van der Waals surface area contributed by atoms with Gasteiger partial charge in [-0.1, -0.05) is 36.4 Å². The maximum Gasteiger partial charge on any atom is 2.00 e. The summed E-state index contributed by atoms with van der Waals surface area (Å²) in [6, 6.07) is 12.0. The Kier molecular flexibility index (Phi) is 22.7. The van der Waals surface area contributed by atoms with Crippen molar-refractivity contribution in [2.75, 3.05) is 0 Å². The fourth-order valence-electron chi connectivity index (χ4n) is 0.385. The van der Waals surface area contributed by atoms with Gasteiger partial charge in [0.1, 0.15) is 0 Å². The third-order valence-corrected chi connectivity index (χ3v) is 0.667. The van der Waals surface area contributed by atoms with Gasteiger partial charge in [-0.2, -0.15) is 0 Å². The molecule has 0 atom stereocenters. The van der Waals surface area contributed by atoms with Crippen molar-refractivity contribution in [3.05, 3.63) is 36.4 Å². The molecule has 0 amide bonds. The third kappa shape index (κ3) is 9.45. The Hall–Kier alpha value is 1.45. The van der Waals surface area contributed by atoms with Gasteiger partial charge in [-0.15, -0.1) is 0 Å². The van der Waals surface area contributed by atoms with E-state index in [0.29, 0.717) is 0 Å². The smallest absolute Gasteiger partial charge is 1.00 e. The fourth-order valence-corrected chi connectivity index (χ4v) is 0.385. The minimum Gasteiger partial charge on any atom is -1.00 e. The van der Waals surface area contributed by atoms with Crippen molar-refractivity contribution >= 4 is 23.1 Å². The maximum atomic E-state index is 2.00. The molecule has 46 valence electrons. The van der Waals surface area contributed by atoms with Crippen molar-refractivity contribution in [2.45, 2.75) is 0 Å². The average Bonchev–Trinajstić information content (AvgIpc) is 1.72. The summed E-state index contributed by atoms with van der Waals surface area (Å²) in [7, 11) is 0. The van der Waals surface area contributed by atoms with E-state index in [2.05, 4.69) is 0 Å². The van der Waals surface area contributed by atoms with Gasteiger partial charge >= 0.3 is 23.1 Å². The van der Waals surface area contributed by atoms with Gasteiger partial charge in [0.25, 0.3) is 0 Å². The van der Waals surface area contributed by atoms with Crippen LogP contribution in [0.1, 0.15) is 0 Å². The first-order valence-corrected chi connectivity index (χ1v) is 2.00. The van der Waals surface area contributed by atoms with E-state index in [9.17, 15) is 0 Å². The molecule has 0 nitrogen and oxygen atoms in total. The monoisotopic (exact) mass is 356 g/mol. The number of benzene rings is 1. The van der Waals surface area contributed by atoms with Crippen LogP contribution in [-0.4, -0.2) is 23.1 Å². The summed E-state index contributed by atoms with van der Waals surface area (Å²) in [5.41, 5.74) is 0. The molecular formula is C6H6I2Mg. The van der Waals surface area contributed by atoms with Crippen LogP contribution in [0, 0.1) is 0 Å². The Labute approximate surface area is 106 Å². The van der Waals surface area contributed by atoms with Crippen LogP contribution in [0.4, 0.5) is 0 Å². The first-order chi connectivity index (χ1) is 3.00. The van der Waals surface area contributed by atoms with E-state index in [-0.39, 0.29) is 71.0 Å². The molecule has 0 spiro atoms. The molecule has 0 aliphatic carbocycles. The Morgan fingerprint density at radius 1 is 0.444 bits per heavy atom. The quantitative estimate of drug-likeness (QED) is 0.324. The van der Waals surface area contributed by atoms with Crippen LogP contribution >= 0.6 is 0 Å². The van der Waals surface area contributed by atoms with E-state index in [4.69, 9.17) is 0 Å². The number of hydrogen-bond donors (Lipinski definition) is 0. The molecule has 0 bridgehead atoms. The molecule has 0 aromatic heterocycles. The summed E-state index contributed by atoms with van der Waals surface area (Å²) in [6.07, 6.45) is 0. The van der Waals surface area contributed by atoms with Crippen LogP contribution in [0.5, 0.6) is 0 Å². The molecule has 0 aliphatic rings. The molecule has 0 aliphatic heterocycles. The van der Waals surface area contributed by atoms with Gasteiger partial charge in [0.15, 0.2) is 0 Å². The molecule has 0 radical (unpaired) electrons. The molecule has 1 rings (SSSR count). The summed E-state index contributed by atoms with van der Waals surface area (Å²) >= 11 is 0. The predicted molar refractivity (Wildman–Crippen MR) is 32.2 cm³/mol. The molecule has 0 unspecified atom stereocenters. The Morgan fingerprint density at radius 2 is 0.556 bits per heavy atom. The van der Waals surface area contributed by atoms with Crippen LogP contribution in [0.3, 0.4) is 0 Å². The van der Waals surface area contributed by atoms with E-state index >= 15 is 0 Å². The van der Waals surface area contributed by atoms with Crippen LogP contribution < -0.4 is 48.0 Å². The van der Waals surface area contributed by atoms with Gasteiger partial charge in [0.2, 0.25) is 0 Å². The van der Waals surface area contributed by atoms with Gasteiger partial charge in [0.05, 0.1) is 0 Å². The molecule has 1 aromatic carbocycles. The van der Waals surface area contributed by atoms with E-state index in [1.54, 1.807) is 0 Å². The standard InChI is InChI=1S/C6H6.2HI.Mg/c1-2-4-6-5-3-1;;;/h1-6H;2*1H;/q;;;+2/p-2. The van der Waals surface area contributed by atoms with Gasteiger partial charge in [0, 0.05) is 0 Å². The zero-order valence-electron chi connectivity index (χ0n) is 4.93. The summed E-state index contributed by atoms with van der Waals surface area (Å²) in [5.74, 6) is 0. The number of halogens is 2. The Morgan fingerprint density at radius 3 is 0.667 bits per heavy atom. The Bertz CT molecular complexity index is 83.0. The molecule has 1 aromatic rings. The van der Waals surface area contributed by atoms with Crippen molar-refractivity contribution in [3.8, 4) is 0 Å². The van der Waals surface area contributed by atoms with E-state index in [0.717, 1.165) is 0 Å². The third-order valence-electron chi connectivity index (χ3n) is 0.667. The van der Waals surface area contributed by atoms with Crippen LogP contribution in [0.15, 0.2) is 36.4 Å². The van der Waals surface area contributed by atoms with Gasteiger partial charge in [-0.25, -0.2) is 0 Å². The average molecular weight is 356 g/mol. The molecule has 3 heteroatoms. The van der Waals surface area contributed by atoms with Crippen LogP contribution in [0.25, 0.3) is 0 Å². The van der Waals surface area contributed by atoms with E-state index in [1.165, 1.54) is 0 Å². The molecule has 0 saturated heterocycles. The first-order valence-electron chi connectivity index (χ1n) is 2.00. The maximum absolute atomic E-state index is 2.00. The van der Waals surface area contributed by atoms with Gasteiger partial charge < -0.3 is 48.0 Å².